The lowest BCUT2D eigenvalue weighted by atomic mass is 10.2. The van der Waals surface area contributed by atoms with Crippen LogP contribution in [-0.2, 0) is 6.54 Å². The molecule has 0 spiro atoms. The second kappa shape index (κ2) is 7.59. The maximum Gasteiger partial charge on any atom is 0.297 e. The topological polar surface area (TPSA) is 55.6 Å². The van der Waals surface area contributed by atoms with Crippen molar-refractivity contribution in [2.75, 3.05) is 5.32 Å². The molecule has 28 heavy (non-hydrogen) atoms. The lowest BCUT2D eigenvalue weighted by molar-refractivity contribution is 0.141. The first-order valence-electron chi connectivity index (χ1n) is 8.27. The van der Waals surface area contributed by atoms with Crippen molar-refractivity contribution < 1.29 is 13.2 Å². The number of rotatable bonds is 5. The second-order valence-electron chi connectivity index (χ2n) is 6.07. The van der Waals surface area contributed by atoms with E-state index >= 15 is 0 Å². The number of alkyl halides is 2. The highest BCUT2D eigenvalue weighted by Crippen LogP contribution is 2.29. The van der Waals surface area contributed by atoms with E-state index in [4.69, 9.17) is 0 Å². The Balaban J connectivity index is 1.63. The monoisotopic (exact) mass is 447 g/mol. The number of nitrogens with one attached hydrogen (secondary N) is 1. The van der Waals surface area contributed by atoms with Gasteiger partial charge in [0, 0.05) is 16.1 Å². The first-order chi connectivity index (χ1) is 13.5. The Morgan fingerprint density at radius 2 is 1.86 bits per heavy atom. The predicted octanol–water partition coefficient (Wildman–Crippen LogP) is 5.46. The standard InChI is InChI=1S/C19H13BrF3N5/c20-12-3-6-16-15(7-12)18(27-19(26-16)17(22)23)25-14-8-24-28(10-14)9-11-1-4-13(21)5-2-11/h1-8,10,17H,9H2,(H,25,26,27). The minimum atomic E-state index is -2.78. The van der Waals surface area contributed by atoms with Gasteiger partial charge in [-0.05, 0) is 35.9 Å². The van der Waals surface area contributed by atoms with E-state index in [1.165, 1.54) is 12.1 Å². The quantitative estimate of drug-likeness (QED) is 0.441. The lowest BCUT2D eigenvalue weighted by Gasteiger charge is -2.09. The van der Waals surface area contributed by atoms with Crippen LogP contribution in [0.4, 0.5) is 24.7 Å². The molecule has 0 saturated heterocycles. The molecule has 2 aromatic heterocycles. The summed E-state index contributed by atoms with van der Waals surface area (Å²) in [7, 11) is 0. The van der Waals surface area contributed by atoms with Gasteiger partial charge >= 0.3 is 0 Å². The average molecular weight is 448 g/mol. The van der Waals surface area contributed by atoms with Crippen LogP contribution in [0.2, 0.25) is 0 Å². The molecule has 1 N–H and O–H groups in total. The minimum absolute atomic E-state index is 0.267. The molecule has 5 nitrogen and oxygen atoms in total. The summed E-state index contributed by atoms with van der Waals surface area (Å²) in [4.78, 5) is 7.88. The number of anilines is 2. The van der Waals surface area contributed by atoms with Crippen molar-refractivity contribution in [2.45, 2.75) is 13.0 Å². The SMILES string of the molecule is Fc1ccc(Cn2cc(Nc3nc(C(F)F)nc4ccc(Br)cc34)cn2)cc1. The molecular weight excluding hydrogens is 435 g/mol. The van der Waals surface area contributed by atoms with Crippen LogP contribution in [0.3, 0.4) is 0 Å². The Labute approximate surface area is 166 Å². The van der Waals surface area contributed by atoms with Gasteiger partial charge in [0.2, 0.25) is 0 Å². The van der Waals surface area contributed by atoms with Crippen molar-refractivity contribution in [3.05, 3.63) is 76.5 Å². The van der Waals surface area contributed by atoms with E-state index in [0.29, 0.717) is 23.1 Å². The van der Waals surface area contributed by atoms with Gasteiger partial charge in [-0.15, -0.1) is 0 Å². The zero-order valence-corrected chi connectivity index (χ0v) is 15.9. The van der Waals surface area contributed by atoms with Gasteiger partial charge in [0.15, 0.2) is 5.82 Å². The number of hydrogen-bond acceptors (Lipinski definition) is 4. The molecule has 9 heteroatoms. The highest BCUT2D eigenvalue weighted by atomic mass is 79.9. The van der Waals surface area contributed by atoms with Crippen LogP contribution in [0.15, 0.2) is 59.3 Å². The Hall–Kier alpha value is -2.94. The normalized spacial score (nSPS) is 11.3. The van der Waals surface area contributed by atoms with E-state index < -0.39 is 12.2 Å². The van der Waals surface area contributed by atoms with Crippen LogP contribution < -0.4 is 5.32 Å². The van der Waals surface area contributed by atoms with Crippen molar-refractivity contribution in [2.24, 2.45) is 0 Å². The van der Waals surface area contributed by atoms with Crippen molar-refractivity contribution in [3.8, 4) is 0 Å². The number of hydrogen-bond donors (Lipinski definition) is 1. The van der Waals surface area contributed by atoms with E-state index in [9.17, 15) is 13.2 Å². The highest BCUT2D eigenvalue weighted by Gasteiger charge is 2.16. The van der Waals surface area contributed by atoms with Gasteiger partial charge in [-0.25, -0.2) is 23.1 Å². The molecule has 2 aromatic carbocycles. The number of halogens is 4. The molecule has 0 unspecified atom stereocenters. The third-order valence-corrected chi connectivity index (χ3v) is 4.52. The van der Waals surface area contributed by atoms with Crippen molar-refractivity contribution in [1.82, 2.24) is 19.7 Å². The van der Waals surface area contributed by atoms with Crippen LogP contribution in [0.5, 0.6) is 0 Å². The summed E-state index contributed by atoms with van der Waals surface area (Å²) in [6.07, 6.45) is 0.504. The third kappa shape index (κ3) is 3.99. The molecular formula is C19H13BrF3N5. The fourth-order valence-electron chi connectivity index (χ4n) is 2.74. The fraction of sp³-hybridized carbons (Fsp3) is 0.105. The van der Waals surface area contributed by atoms with Gasteiger partial charge in [-0.1, -0.05) is 28.1 Å². The summed E-state index contributed by atoms with van der Waals surface area (Å²) in [5.74, 6) is -0.581. The molecule has 0 fully saturated rings. The maximum atomic E-state index is 13.2. The molecule has 0 atom stereocenters. The zero-order valence-electron chi connectivity index (χ0n) is 14.3. The summed E-state index contributed by atoms with van der Waals surface area (Å²) in [6.45, 7) is 0.445. The molecule has 0 bridgehead atoms. The molecule has 0 saturated carbocycles. The first kappa shape index (κ1) is 18.4. The first-order valence-corrected chi connectivity index (χ1v) is 9.06. The van der Waals surface area contributed by atoms with Crippen LogP contribution in [0, 0.1) is 5.82 Å². The molecule has 0 amide bonds. The van der Waals surface area contributed by atoms with E-state index in [1.54, 1.807) is 47.4 Å². The number of benzene rings is 2. The minimum Gasteiger partial charge on any atom is -0.337 e. The summed E-state index contributed by atoms with van der Waals surface area (Å²) in [5.41, 5.74) is 1.88. The summed E-state index contributed by atoms with van der Waals surface area (Å²) in [5, 5.41) is 7.88. The third-order valence-electron chi connectivity index (χ3n) is 4.02. The molecule has 142 valence electrons. The van der Waals surface area contributed by atoms with Gasteiger partial charge < -0.3 is 5.32 Å². The fourth-order valence-corrected chi connectivity index (χ4v) is 3.10. The van der Waals surface area contributed by atoms with Crippen LogP contribution in [-0.4, -0.2) is 19.7 Å². The predicted molar refractivity (Wildman–Crippen MR) is 103 cm³/mol. The highest BCUT2D eigenvalue weighted by molar-refractivity contribution is 9.10. The largest absolute Gasteiger partial charge is 0.337 e. The number of aromatic nitrogens is 4. The summed E-state index contributed by atoms with van der Waals surface area (Å²) < 4.78 is 41.8. The van der Waals surface area contributed by atoms with Gasteiger partial charge in [0.25, 0.3) is 6.43 Å². The smallest absolute Gasteiger partial charge is 0.297 e. The van der Waals surface area contributed by atoms with Gasteiger partial charge in [-0.3, -0.25) is 4.68 Å². The van der Waals surface area contributed by atoms with Crippen LogP contribution in [0.25, 0.3) is 10.9 Å². The Morgan fingerprint density at radius 3 is 2.61 bits per heavy atom. The number of fused-ring (bicyclic) bond motifs is 1. The van der Waals surface area contributed by atoms with Crippen LogP contribution >= 0.6 is 15.9 Å². The van der Waals surface area contributed by atoms with E-state index in [2.05, 4.69) is 36.3 Å². The van der Waals surface area contributed by atoms with E-state index in [1.807, 2.05) is 0 Å². The molecule has 0 aliphatic carbocycles. The summed E-state index contributed by atoms with van der Waals surface area (Å²) in [6, 6.07) is 11.3. The molecule has 0 radical (unpaired) electrons. The number of nitrogens with zero attached hydrogens (tertiary/aromatic N) is 4. The second-order valence-corrected chi connectivity index (χ2v) is 6.99. The molecule has 0 aliphatic heterocycles. The molecule has 4 aromatic rings. The maximum absolute atomic E-state index is 13.2. The van der Waals surface area contributed by atoms with E-state index in [0.717, 1.165) is 10.0 Å². The lowest BCUT2D eigenvalue weighted by Crippen LogP contribution is -2.02. The van der Waals surface area contributed by atoms with Crippen LogP contribution in [0.1, 0.15) is 17.8 Å². The van der Waals surface area contributed by atoms with Gasteiger partial charge in [0.05, 0.1) is 23.9 Å². The van der Waals surface area contributed by atoms with Crippen molar-refractivity contribution in [3.63, 3.8) is 0 Å². The molecule has 4 rings (SSSR count). The van der Waals surface area contributed by atoms with Gasteiger partial charge in [-0.2, -0.15) is 5.10 Å². The summed E-state index contributed by atoms with van der Waals surface area (Å²) >= 11 is 3.37. The van der Waals surface area contributed by atoms with E-state index in [-0.39, 0.29) is 11.6 Å². The molecule has 0 aliphatic rings. The van der Waals surface area contributed by atoms with Gasteiger partial charge in [0.1, 0.15) is 11.6 Å². The zero-order chi connectivity index (χ0) is 19.7. The molecule has 2 heterocycles. The Morgan fingerprint density at radius 1 is 1.07 bits per heavy atom. The van der Waals surface area contributed by atoms with Crippen molar-refractivity contribution in [1.29, 1.82) is 0 Å². The average Bonchev–Trinajstić information content (AvgIpc) is 3.10. The Bertz CT molecular complexity index is 1130. The van der Waals surface area contributed by atoms with Crippen molar-refractivity contribution >= 4 is 38.3 Å². The Kier molecular flexibility index (Phi) is 4.99.